The average molecular weight is 282 g/mol. The summed E-state index contributed by atoms with van der Waals surface area (Å²) in [5.41, 5.74) is 6.83. The summed E-state index contributed by atoms with van der Waals surface area (Å²) >= 11 is 0. The van der Waals surface area contributed by atoms with Crippen molar-refractivity contribution in [2.75, 3.05) is 5.73 Å². The molecule has 3 N–H and O–H groups in total. The van der Waals surface area contributed by atoms with Crippen molar-refractivity contribution in [1.29, 1.82) is 0 Å². The van der Waals surface area contributed by atoms with E-state index in [0.717, 1.165) is 10.8 Å². The number of nitrogens with one attached hydrogen (secondary N) is 1. The molecular weight excluding hydrogens is 268 g/mol. The number of carbonyl (C=O) groups excluding carboxylic acids is 1. The standard InChI is InChI=1S/C15H14N4O2/c1-9-18-14(19-21-9)8-17-15(20)12-6-10-4-2-3-5-11(10)7-13(12)16/h2-7H,8,16H2,1H3,(H,17,20). The SMILES string of the molecule is Cc1nc(CNC(=O)c2cc3ccccc3cc2N)no1. The minimum Gasteiger partial charge on any atom is -0.398 e. The Hall–Kier alpha value is -2.89. The number of hydrogen-bond acceptors (Lipinski definition) is 5. The topological polar surface area (TPSA) is 94.0 Å². The summed E-state index contributed by atoms with van der Waals surface area (Å²) in [5.74, 6) is 0.630. The second-order valence-corrected chi connectivity index (χ2v) is 4.70. The first-order valence-electron chi connectivity index (χ1n) is 6.49. The number of fused-ring (bicyclic) bond motifs is 1. The Kier molecular flexibility index (Phi) is 3.27. The Bertz CT molecular complexity index is 810. The lowest BCUT2D eigenvalue weighted by Crippen LogP contribution is -2.24. The Morgan fingerprint density at radius 3 is 2.67 bits per heavy atom. The van der Waals surface area contributed by atoms with Crippen molar-refractivity contribution < 1.29 is 9.32 Å². The van der Waals surface area contributed by atoms with Gasteiger partial charge in [-0.05, 0) is 22.9 Å². The first-order chi connectivity index (χ1) is 10.1. The van der Waals surface area contributed by atoms with Crippen LogP contribution in [0.15, 0.2) is 40.9 Å². The third-order valence-electron chi connectivity index (χ3n) is 3.14. The van der Waals surface area contributed by atoms with Crippen molar-refractivity contribution in [1.82, 2.24) is 15.5 Å². The maximum Gasteiger partial charge on any atom is 0.253 e. The minimum absolute atomic E-state index is 0.197. The van der Waals surface area contributed by atoms with Crippen LogP contribution in [0.4, 0.5) is 5.69 Å². The second kappa shape index (κ2) is 5.24. The monoisotopic (exact) mass is 282 g/mol. The molecule has 0 saturated carbocycles. The molecule has 3 rings (SSSR count). The van der Waals surface area contributed by atoms with Crippen LogP contribution < -0.4 is 11.1 Å². The number of nitrogens with zero attached hydrogens (tertiary/aromatic N) is 2. The molecule has 0 saturated heterocycles. The van der Waals surface area contributed by atoms with Gasteiger partial charge in [0.2, 0.25) is 5.89 Å². The van der Waals surface area contributed by atoms with Crippen molar-refractivity contribution in [2.45, 2.75) is 13.5 Å². The second-order valence-electron chi connectivity index (χ2n) is 4.70. The molecule has 0 radical (unpaired) electrons. The maximum absolute atomic E-state index is 12.2. The fraction of sp³-hybridized carbons (Fsp3) is 0.133. The van der Waals surface area contributed by atoms with Gasteiger partial charge in [0.15, 0.2) is 5.82 Å². The van der Waals surface area contributed by atoms with Crippen LogP contribution in [0.2, 0.25) is 0 Å². The van der Waals surface area contributed by atoms with Crippen LogP contribution in [0.25, 0.3) is 10.8 Å². The largest absolute Gasteiger partial charge is 0.398 e. The molecule has 0 aliphatic carbocycles. The van der Waals surface area contributed by atoms with Gasteiger partial charge < -0.3 is 15.6 Å². The van der Waals surface area contributed by atoms with Crippen LogP contribution in [0.1, 0.15) is 22.1 Å². The molecule has 0 fully saturated rings. The number of hydrogen-bond donors (Lipinski definition) is 2. The van der Waals surface area contributed by atoms with Gasteiger partial charge in [-0.25, -0.2) is 0 Å². The summed E-state index contributed by atoms with van der Waals surface area (Å²) in [4.78, 5) is 16.2. The Morgan fingerprint density at radius 1 is 1.29 bits per heavy atom. The van der Waals surface area contributed by atoms with Crippen LogP contribution in [0.5, 0.6) is 0 Å². The van der Waals surface area contributed by atoms with Crippen molar-refractivity contribution in [3.8, 4) is 0 Å². The number of amides is 1. The van der Waals surface area contributed by atoms with Crippen LogP contribution in [0.3, 0.4) is 0 Å². The molecule has 0 atom stereocenters. The van der Waals surface area contributed by atoms with E-state index in [4.69, 9.17) is 10.3 Å². The highest BCUT2D eigenvalue weighted by atomic mass is 16.5. The lowest BCUT2D eigenvalue weighted by Gasteiger charge is -2.08. The predicted molar refractivity (Wildman–Crippen MR) is 78.6 cm³/mol. The van der Waals surface area contributed by atoms with Gasteiger partial charge in [-0.1, -0.05) is 29.4 Å². The van der Waals surface area contributed by atoms with Crippen LogP contribution in [0, 0.1) is 6.92 Å². The van der Waals surface area contributed by atoms with Crippen molar-refractivity contribution >= 4 is 22.4 Å². The highest BCUT2D eigenvalue weighted by Gasteiger charge is 2.12. The molecule has 0 aliphatic heterocycles. The zero-order chi connectivity index (χ0) is 14.8. The van der Waals surface area contributed by atoms with E-state index in [0.29, 0.717) is 23.0 Å². The number of aryl methyl sites for hydroxylation is 1. The zero-order valence-corrected chi connectivity index (χ0v) is 11.5. The van der Waals surface area contributed by atoms with E-state index in [9.17, 15) is 4.79 Å². The van der Waals surface area contributed by atoms with Gasteiger partial charge >= 0.3 is 0 Å². The number of carbonyl (C=O) groups is 1. The molecule has 2 aromatic carbocycles. The van der Waals surface area contributed by atoms with E-state index < -0.39 is 0 Å². The van der Waals surface area contributed by atoms with Crippen LogP contribution >= 0.6 is 0 Å². The van der Waals surface area contributed by atoms with E-state index in [1.807, 2.05) is 24.3 Å². The summed E-state index contributed by atoms with van der Waals surface area (Å²) in [6, 6.07) is 11.3. The Labute approximate surface area is 121 Å². The summed E-state index contributed by atoms with van der Waals surface area (Å²) in [7, 11) is 0. The maximum atomic E-state index is 12.2. The van der Waals surface area contributed by atoms with E-state index in [1.54, 1.807) is 19.1 Å². The van der Waals surface area contributed by atoms with Crippen molar-refractivity contribution in [2.24, 2.45) is 0 Å². The molecule has 3 aromatic rings. The summed E-state index contributed by atoms with van der Waals surface area (Å²) in [6.07, 6.45) is 0. The Balaban J connectivity index is 1.82. The zero-order valence-electron chi connectivity index (χ0n) is 11.5. The lowest BCUT2D eigenvalue weighted by molar-refractivity contribution is 0.0950. The van der Waals surface area contributed by atoms with Gasteiger partial charge in [-0.2, -0.15) is 4.98 Å². The number of benzene rings is 2. The van der Waals surface area contributed by atoms with Crippen molar-refractivity contribution in [3.63, 3.8) is 0 Å². The highest BCUT2D eigenvalue weighted by molar-refractivity contribution is 6.03. The van der Waals surface area contributed by atoms with Gasteiger partial charge in [0.05, 0.1) is 12.1 Å². The average Bonchev–Trinajstić information content (AvgIpc) is 2.89. The van der Waals surface area contributed by atoms with Crippen LogP contribution in [-0.2, 0) is 6.54 Å². The third kappa shape index (κ3) is 2.69. The number of anilines is 1. The minimum atomic E-state index is -0.263. The van der Waals surface area contributed by atoms with E-state index in [2.05, 4.69) is 15.5 Å². The van der Waals surface area contributed by atoms with E-state index in [1.165, 1.54) is 0 Å². The normalized spacial score (nSPS) is 10.7. The molecule has 1 aromatic heterocycles. The highest BCUT2D eigenvalue weighted by Crippen LogP contribution is 2.21. The summed E-state index contributed by atoms with van der Waals surface area (Å²) < 4.78 is 4.85. The van der Waals surface area contributed by atoms with Crippen LogP contribution in [-0.4, -0.2) is 16.0 Å². The molecule has 6 heteroatoms. The van der Waals surface area contributed by atoms with Gasteiger partial charge in [-0.15, -0.1) is 0 Å². The molecule has 106 valence electrons. The molecule has 0 unspecified atom stereocenters. The quantitative estimate of drug-likeness (QED) is 0.717. The summed E-state index contributed by atoms with van der Waals surface area (Å²) in [6.45, 7) is 1.89. The molecule has 0 bridgehead atoms. The first-order valence-corrected chi connectivity index (χ1v) is 6.49. The van der Waals surface area contributed by atoms with Gasteiger partial charge in [0.1, 0.15) is 0 Å². The molecule has 0 aliphatic rings. The number of aromatic nitrogens is 2. The van der Waals surface area contributed by atoms with E-state index >= 15 is 0 Å². The fourth-order valence-corrected chi connectivity index (χ4v) is 2.12. The fourth-order valence-electron chi connectivity index (χ4n) is 2.12. The molecule has 1 heterocycles. The van der Waals surface area contributed by atoms with E-state index in [-0.39, 0.29) is 12.5 Å². The first kappa shape index (κ1) is 13.1. The van der Waals surface area contributed by atoms with Crippen molar-refractivity contribution in [3.05, 3.63) is 53.7 Å². The van der Waals surface area contributed by atoms with Gasteiger partial charge in [0.25, 0.3) is 5.91 Å². The molecular formula is C15H14N4O2. The number of rotatable bonds is 3. The third-order valence-corrected chi connectivity index (χ3v) is 3.14. The smallest absolute Gasteiger partial charge is 0.253 e. The molecule has 21 heavy (non-hydrogen) atoms. The van der Waals surface area contributed by atoms with Gasteiger partial charge in [-0.3, -0.25) is 4.79 Å². The molecule has 6 nitrogen and oxygen atoms in total. The molecule has 0 spiro atoms. The number of nitrogen functional groups attached to an aromatic ring is 1. The lowest BCUT2D eigenvalue weighted by atomic mass is 10.0. The molecule has 1 amide bonds. The summed E-state index contributed by atoms with van der Waals surface area (Å²) in [5, 5.41) is 8.42. The predicted octanol–water partition coefficient (Wildman–Crippen LogP) is 2.04. The van der Waals surface area contributed by atoms with Gasteiger partial charge in [0, 0.05) is 12.6 Å². The Morgan fingerprint density at radius 2 is 2.00 bits per heavy atom. The number of nitrogens with two attached hydrogens (primary N) is 1.